The number of aromatic nitrogens is 3. The van der Waals surface area contributed by atoms with Gasteiger partial charge in [-0.25, -0.2) is 9.50 Å². The summed E-state index contributed by atoms with van der Waals surface area (Å²) in [6, 6.07) is 9.36. The summed E-state index contributed by atoms with van der Waals surface area (Å²) in [7, 11) is 0. The summed E-state index contributed by atoms with van der Waals surface area (Å²) in [4.78, 5) is 12.0. The summed E-state index contributed by atoms with van der Waals surface area (Å²) >= 11 is 0. The Morgan fingerprint density at radius 2 is 1.95 bits per heavy atom. The molecule has 198 valence electrons. The van der Waals surface area contributed by atoms with Gasteiger partial charge >= 0.3 is 0 Å². The van der Waals surface area contributed by atoms with E-state index in [0.717, 1.165) is 67.5 Å². The van der Waals surface area contributed by atoms with Crippen LogP contribution < -0.4 is 9.64 Å². The van der Waals surface area contributed by atoms with Crippen molar-refractivity contribution in [3.05, 3.63) is 42.4 Å². The van der Waals surface area contributed by atoms with Crippen LogP contribution in [-0.4, -0.2) is 106 Å². The summed E-state index contributed by atoms with van der Waals surface area (Å²) in [5, 5.41) is 23.9. The SMILES string of the molecule is C[C@H](O)CN1C2CC1CN(c1ccc(-c3cc(OCCN4CC5CC(C4)O5)cn4ncc(C#N)c34)cn1)C2. The van der Waals surface area contributed by atoms with E-state index in [0.29, 0.717) is 36.5 Å². The second-order valence-electron chi connectivity index (χ2n) is 11.2. The molecule has 9 rings (SSSR count). The first kappa shape index (κ1) is 23.9. The van der Waals surface area contributed by atoms with Gasteiger partial charge in [-0.1, -0.05) is 0 Å². The molecule has 6 aliphatic rings. The minimum Gasteiger partial charge on any atom is -0.491 e. The van der Waals surface area contributed by atoms with Crippen LogP contribution in [0.2, 0.25) is 0 Å². The number of hydrogen-bond donors (Lipinski definition) is 1. The predicted octanol–water partition coefficient (Wildman–Crippen LogP) is 1.76. The number of aliphatic hydroxyl groups excluding tert-OH is 1. The van der Waals surface area contributed by atoms with E-state index in [1.54, 1.807) is 10.7 Å². The number of hydrogen-bond acceptors (Lipinski definition) is 9. The Labute approximate surface area is 222 Å². The normalized spacial score (nSPS) is 27.4. The largest absolute Gasteiger partial charge is 0.491 e. The molecule has 0 aliphatic carbocycles. The zero-order chi connectivity index (χ0) is 25.8. The topological polar surface area (TPSA) is 102 Å². The molecular weight excluding hydrogens is 482 g/mol. The number of nitrogens with zero attached hydrogens (tertiary/aromatic N) is 7. The van der Waals surface area contributed by atoms with Crippen LogP contribution in [0, 0.1) is 11.3 Å². The molecule has 0 spiro atoms. The Hall–Kier alpha value is -3.23. The molecule has 0 radical (unpaired) electrons. The Balaban J connectivity index is 1.08. The molecule has 10 heteroatoms. The van der Waals surface area contributed by atoms with E-state index in [4.69, 9.17) is 14.5 Å². The first-order valence-corrected chi connectivity index (χ1v) is 13.6. The second-order valence-corrected chi connectivity index (χ2v) is 11.2. The molecule has 4 bridgehead atoms. The molecule has 3 aromatic rings. The lowest BCUT2D eigenvalue weighted by Gasteiger charge is -2.57. The molecule has 0 aromatic carbocycles. The van der Waals surface area contributed by atoms with Gasteiger partial charge in [0.05, 0.1) is 41.8 Å². The molecule has 6 aliphatic heterocycles. The fourth-order valence-electron chi connectivity index (χ4n) is 6.60. The van der Waals surface area contributed by atoms with Gasteiger partial charge in [0.1, 0.15) is 24.2 Å². The van der Waals surface area contributed by atoms with E-state index < -0.39 is 0 Å². The monoisotopic (exact) mass is 515 g/mol. The molecule has 10 nitrogen and oxygen atoms in total. The van der Waals surface area contributed by atoms with Crippen LogP contribution in [-0.2, 0) is 4.74 Å². The average molecular weight is 516 g/mol. The lowest BCUT2D eigenvalue weighted by Crippen LogP contribution is -2.69. The minimum absolute atomic E-state index is 0.299. The number of piperidine rings is 2. The van der Waals surface area contributed by atoms with Crippen LogP contribution in [0.15, 0.2) is 36.8 Å². The van der Waals surface area contributed by atoms with Gasteiger partial charge in [-0.3, -0.25) is 9.80 Å². The molecule has 4 unspecified atom stereocenters. The van der Waals surface area contributed by atoms with Gasteiger partial charge in [0, 0.05) is 75.1 Å². The van der Waals surface area contributed by atoms with Crippen LogP contribution in [0.5, 0.6) is 5.75 Å². The minimum atomic E-state index is -0.299. The molecule has 9 heterocycles. The molecular formula is C28H33N7O3. The smallest absolute Gasteiger partial charge is 0.138 e. The molecule has 6 fully saturated rings. The van der Waals surface area contributed by atoms with E-state index in [1.165, 1.54) is 12.8 Å². The summed E-state index contributed by atoms with van der Waals surface area (Å²) in [6.45, 7) is 7.83. The van der Waals surface area contributed by atoms with Crippen molar-refractivity contribution >= 4 is 11.3 Å². The first-order valence-electron chi connectivity index (χ1n) is 13.6. The van der Waals surface area contributed by atoms with E-state index in [-0.39, 0.29) is 6.10 Å². The van der Waals surface area contributed by atoms with Crippen LogP contribution >= 0.6 is 0 Å². The highest BCUT2D eigenvalue weighted by Gasteiger charge is 2.45. The summed E-state index contributed by atoms with van der Waals surface area (Å²) in [5.41, 5.74) is 3.09. The number of piperazine rings is 1. The Kier molecular flexibility index (Phi) is 5.97. The van der Waals surface area contributed by atoms with Crippen molar-refractivity contribution in [1.82, 2.24) is 24.4 Å². The van der Waals surface area contributed by atoms with E-state index in [9.17, 15) is 10.4 Å². The van der Waals surface area contributed by atoms with Crippen molar-refractivity contribution in [2.45, 2.75) is 50.2 Å². The third kappa shape index (κ3) is 4.29. The van der Waals surface area contributed by atoms with Gasteiger partial charge < -0.3 is 19.5 Å². The third-order valence-corrected chi connectivity index (χ3v) is 8.42. The Morgan fingerprint density at radius 1 is 1.16 bits per heavy atom. The molecule has 3 aromatic heterocycles. The zero-order valence-corrected chi connectivity index (χ0v) is 21.6. The highest BCUT2D eigenvalue weighted by atomic mass is 16.5. The fraction of sp³-hybridized carbons (Fsp3) is 0.536. The predicted molar refractivity (Wildman–Crippen MR) is 141 cm³/mol. The number of morpholine rings is 1. The van der Waals surface area contributed by atoms with Gasteiger partial charge in [-0.15, -0.1) is 0 Å². The van der Waals surface area contributed by atoms with Gasteiger partial charge in [0.25, 0.3) is 0 Å². The molecule has 0 saturated carbocycles. The maximum Gasteiger partial charge on any atom is 0.138 e. The van der Waals surface area contributed by atoms with Crippen molar-refractivity contribution < 1.29 is 14.6 Å². The zero-order valence-electron chi connectivity index (χ0n) is 21.6. The van der Waals surface area contributed by atoms with Gasteiger partial charge in [0.2, 0.25) is 0 Å². The number of rotatable bonds is 8. The van der Waals surface area contributed by atoms with E-state index in [1.807, 2.05) is 25.4 Å². The highest BCUT2D eigenvalue weighted by molar-refractivity contribution is 5.85. The maximum atomic E-state index is 9.79. The van der Waals surface area contributed by atoms with Crippen LogP contribution in [0.4, 0.5) is 5.82 Å². The molecule has 1 N–H and O–H groups in total. The van der Waals surface area contributed by atoms with Crippen LogP contribution in [0.3, 0.4) is 0 Å². The second kappa shape index (κ2) is 9.50. The summed E-state index contributed by atoms with van der Waals surface area (Å²) < 4.78 is 13.6. The third-order valence-electron chi connectivity index (χ3n) is 8.42. The van der Waals surface area contributed by atoms with Gasteiger partial charge in [0.15, 0.2) is 0 Å². The molecule has 38 heavy (non-hydrogen) atoms. The maximum absolute atomic E-state index is 9.79. The van der Waals surface area contributed by atoms with Crippen LogP contribution in [0.25, 0.3) is 16.6 Å². The lowest BCUT2D eigenvalue weighted by molar-refractivity contribution is -0.181. The van der Waals surface area contributed by atoms with E-state index in [2.05, 4.69) is 38.0 Å². The van der Waals surface area contributed by atoms with Crippen molar-refractivity contribution in [1.29, 1.82) is 5.26 Å². The Morgan fingerprint density at radius 3 is 2.63 bits per heavy atom. The standard InChI is InChI=1S/C28H33N7O3/c1-18(36)12-34-21-6-22(34)14-33(13-21)27-3-2-19(10-30-27)26-8-23(17-35-28(26)20(9-29)11-31-35)37-5-4-32-15-24-7-25(16-32)38-24/h2-3,8,10-11,17-18,21-22,24-25,36H,4-7,12-16H2,1H3/t18-,21?,22?,24?,25?/m0/s1. The molecule has 6 saturated heterocycles. The molecule has 0 amide bonds. The summed E-state index contributed by atoms with van der Waals surface area (Å²) in [5.74, 6) is 1.68. The number of nitriles is 1. The highest BCUT2D eigenvalue weighted by Crippen LogP contribution is 2.36. The van der Waals surface area contributed by atoms with E-state index >= 15 is 0 Å². The first-order chi connectivity index (χ1) is 18.5. The summed E-state index contributed by atoms with van der Waals surface area (Å²) in [6.07, 6.45) is 8.19. The average Bonchev–Trinajstić information content (AvgIpc) is 3.34. The number of pyridine rings is 2. The Bertz CT molecular complexity index is 1340. The number of ether oxygens (including phenoxy) is 2. The number of anilines is 1. The van der Waals surface area contributed by atoms with Crippen molar-refractivity contribution in [3.8, 4) is 22.9 Å². The quantitative estimate of drug-likeness (QED) is 0.481. The van der Waals surface area contributed by atoms with Gasteiger partial charge in [-0.2, -0.15) is 10.4 Å². The number of fused-ring (bicyclic) bond motifs is 5. The fourth-order valence-corrected chi connectivity index (χ4v) is 6.60. The van der Waals surface area contributed by atoms with Gasteiger partial charge in [-0.05, 0) is 31.5 Å². The van der Waals surface area contributed by atoms with Crippen molar-refractivity contribution in [3.63, 3.8) is 0 Å². The molecule has 5 atom stereocenters. The lowest BCUT2D eigenvalue weighted by atomic mass is 9.87. The van der Waals surface area contributed by atoms with Crippen molar-refractivity contribution in [2.75, 3.05) is 50.8 Å². The number of aliphatic hydroxyl groups is 1. The van der Waals surface area contributed by atoms with Crippen LogP contribution in [0.1, 0.15) is 25.3 Å². The van der Waals surface area contributed by atoms with Crippen molar-refractivity contribution in [2.24, 2.45) is 0 Å².